The molecule has 14 nitrogen and oxygen atoms in total. The lowest BCUT2D eigenvalue weighted by atomic mass is 9.73. The van der Waals surface area contributed by atoms with Gasteiger partial charge in [0.25, 0.3) is 0 Å². The van der Waals surface area contributed by atoms with Gasteiger partial charge in [0.1, 0.15) is 0 Å². The van der Waals surface area contributed by atoms with Gasteiger partial charge in [-0.3, -0.25) is 0 Å². The molecule has 0 heterocycles. The molecule has 14 heteroatoms. The third-order valence-electron chi connectivity index (χ3n) is 4.90. The SMILES string of the molecule is C=C(C)C(=O)O[C@@]1(O)[C@](O)(OC(=O)C(=C)C)[C@](O)(OC(=O)C(=C)C)[C@@H](O)[C@@H](O)[C@@]1(O)OC(=O)C(=C)C. The van der Waals surface area contributed by atoms with Crippen LogP contribution in [0.5, 0.6) is 0 Å². The molecule has 1 rings (SSSR count). The highest BCUT2D eigenvalue weighted by Gasteiger charge is 2.89. The summed E-state index contributed by atoms with van der Waals surface area (Å²) in [6.07, 6.45) is -6.29. The first-order valence-corrected chi connectivity index (χ1v) is 9.94. The Balaban J connectivity index is 4.17. The zero-order chi connectivity index (χ0) is 28.6. The van der Waals surface area contributed by atoms with Crippen molar-refractivity contribution in [2.75, 3.05) is 0 Å². The van der Waals surface area contributed by atoms with E-state index in [1.54, 1.807) is 0 Å². The molecule has 0 bridgehead atoms. The number of aliphatic hydroxyl groups excluding tert-OH is 2. The Bertz CT molecular complexity index is 963. The van der Waals surface area contributed by atoms with Crippen LogP contribution < -0.4 is 0 Å². The summed E-state index contributed by atoms with van der Waals surface area (Å²) < 4.78 is 18.5. The third kappa shape index (κ3) is 4.69. The van der Waals surface area contributed by atoms with E-state index in [0.29, 0.717) is 0 Å². The van der Waals surface area contributed by atoms with Crippen LogP contribution in [0.2, 0.25) is 0 Å². The average molecular weight is 516 g/mol. The average Bonchev–Trinajstić information content (AvgIpc) is 2.75. The standard InChI is InChI=1S/C22H28O14/c1-9(2)15(25)33-19(29)13(23)14(24)20(30,34-16(26)10(3)4)22(32,36-18(28)12(7)8)21(19,31)35-17(27)11(5)6/h13-14,23-24,29-32H,1,3,5,7H2,2,4,6,8H3/t13-,14+,19-,20-,21-,22-/m1/s1. The van der Waals surface area contributed by atoms with Gasteiger partial charge in [-0.1, -0.05) is 26.3 Å². The Labute approximate surface area is 205 Å². The fourth-order valence-electron chi connectivity index (χ4n) is 2.76. The lowest BCUT2D eigenvalue weighted by Crippen LogP contribution is -2.90. The molecule has 0 unspecified atom stereocenters. The Kier molecular flexibility index (Phi) is 8.44. The van der Waals surface area contributed by atoms with Crippen LogP contribution in [0.15, 0.2) is 48.6 Å². The summed E-state index contributed by atoms with van der Waals surface area (Å²) in [5.74, 6) is -23.8. The van der Waals surface area contributed by atoms with Crippen molar-refractivity contribution in [1.29, 1.82) is 0 Å². The second-order valence-electron chi connectivity index (χ2n) is 8.25. The minimum atomic E-state index is -4.45. The highest BCUT2D eigenvalue weighted by atomic mass is 16.8. The number of ether oxygens (including phenoxy) is 4. The van der Waals surface area contributed by atoms with Crippen molar-refractivity contribution in [3.8, 4) is 0 Å². The maximum absolute atomic E-state index is 12.4. The van der Waals surface area contributed by atoms with Crippen LogP contribution in [-0.2, 0) is 38.1 Å². The summed E-state index contributed by atoms with van der Waals surface area (Å²) in [5, 5.41) is 66.4. The molecule has 6 N–H and O–H groups in total. The number of hydrogen-bond donors (Lipinski definition) is 6. The summed E-state index contributed by atoms with van der Waals surface area (Å²) in [4.78, 5) is 49.3. The largest absolute Gasteiger partial charge is 0.419 e. The smallest absolute Gasteiger partial charge is 0.354 e. The fraction of sp³-hybridized carbons (Fsp3) is 0.455. The van der Waals surface area contributed by atoms with Crippen molar-refractivity contribution >= 4 is 23.9 Å². The molecule has 36 heavy (non-hydrogen) atoms. The molecule has 0 amide bonds. The molecule has 6 atom stereocenters. The van der Waals surface area contributed by atoms with E-state index in [1.165, 1.54) is 0 Å². The normalized spacial score (nSPS) is 33.5. The fourth-order valence-corrected chi connectivity index (χ4v) is 2.76. The number of hydrogen-bond acceptors (Lipinski definition) is 14. The van der Waals surface area contributed by atoms with Crippen molar-refractivity contribution in [1.82, 2.24) is 0 Å². The van der Waals surface area contributed by atoms with E-state index in [2.05, 4.69) is 45.3 Å². The molecular weight excluding hydrogens is 488 g/mol. The first kappa shape index (κ1) is 30.6. The maximum atomic E-state index is 12.4. The highest BCUT2D eigenvalue weighted by Crippen LogP contribution is 2.52. The molecule has 0 aliphatic heterocycles. The van der Waals surface area contributed by atoms with E-state index < -0.39 is 81.5 Å². The van der Waals surface area contributed by atoms with Gasteiger partial charge < -0.3 is 49.6 Å². The molecule has 200 valence electrons. The highest BCUT2D eigenvalue weighted by molar-refractivity contribution is 5.90. The van der Waals surface area contributed by atoms with E-state index in [1.807, 2.05) is 0 Å². The van der Waals surface area contributed by atoms with Gasteiger partial charge in [-0.15, -0.1) is 0 Å². The molecule has 0 saturated heterocycles. The summed E-state index contributed by atoms with van der Waals surface area (Å²) >= 11 is 0. The molecule has 0 spiro atoms. The topological polar surface area (TPSA) is 227 Å². The van der Waals surface area contributed by atoms with Crippen LogP contribution in [0.3, 0.4) is 0 Å². The minimum absolute atomic E-state index is 0.490. The Hall–Kier alpha value is -3.40. The van der Waals surface area contributed by atoms with Gasteiger partial charge in [0.15, 0.2) is 12.2 Å². The first-order valence-electron chi connectivity index (χ1n) is 9.94. The number of aliphatic hydroxyl groups is 6. The second kappa shape index (κ2) is 9.93. The lowest BCUT2D eigenvalue weighted by Gasteiger charge is -2.58. The lowest BCUT2D eigenvalue weighted by molar-refractivity contribution is -0.547. The van der Waals surface area contributed by atoms with Crippen LogP contribution >= 0.6 is 0 Å². The molecule has 1 fully saturated rings. The molecule has 1 aliphatic carbocycles. The maximum Gasteiger partial charge on any atom is 0.354 e. The molecule has 1 aliphatic rings. The van der Waals surface area contributed by atoms with Gasteiger partial charge in [-0.2, -0.15) is 0 Å². The minimum Gasteiger partial charge on any atom is -0.419 e. The summed E-state index contributed by atoms with van der Waals surface area (Å²) in [6.45, 7) is 16.9. The summed E-state index contributed by atoms with van der Waals surface area (Å²) in [5.41, 5.74) is -2.08. The molecule has 0 aromatic rings. The van der Waals surface area contributed by atoms with Gasteiger partial charge in [0.05, 0.1) is 0 Å². The Morgan fingerprint density at radius 2 is 0.722 bits per heavy atom. The molecule has 1 saturated carbocycles. The quantitative estimate of drug-likeness (QED) is 0.0884. The van der Waals surface area contributed by atoms with Gasteiger partial charge >= 0.3 is 47.0 Å². The van der Waals surface area contributed by atoms with E-state index >= 15 is 0 Å². The zero-order valence-corrected chi connectivity index (χ0v) is 19.9. The van der Waals surface area contributed by atoms with Gasteiger partial charge in [-0.25, -0.2) is 19.2 Å². The molecule has 0 radical (unpaired) electrons. The monoisotopic (exact) mass is 516 g/mol. The van der Waals surface area contributed by atoms with Crippen molar-refractivity contribution in [3.63, 3.8) is 0 Å². The number of esters is 4. The van der Waals surface area contributed by atoms with Gasteiger partial charge in [0.2, 0.25) is 0 Å². The number of rotatable bonds is 8. The zero-order valence-electron chi connectivity index (χ0n) is 19.9. The van der Waals surface area contributed by atoms with Crippen LogP contribution in [0.1, 0.15) is 27.7 Å². The number of carbonyl (C=O) groups is 4. The molecular formula is C22H28O14. The Morgan fingerprint density at radius 3 is 0.917 bits per heavy atom. The van der Waals surface area contributed by atoms with E-state index in [4.69, 9.17) is 0 Å². The van der Waals surface area contributed by atoms with Crippen molar-refractivity contribution in [2.24, 2.45) is 0 Å². The van der Waals surface area contributed by atoms with Crippen molar-refractivity contribution in [3.05, 3.63) is 48.6 Å². The van der Waals surface area contributed by atoms with E-state index in [9.17, 15) is 49.8 Å². The summed E-state index contributed by atoms with van der Waals surface area (Å²) in [6, 6.07) is 0. The summed E-state index contributed by atoms with van der Waals surface area (Å²) in [7, 11) is 0. The predicted octanol–water partition coefficient (Wildman–Crippen LogP) is -2.05. The van der Waals surface area contributed by atoms with Crippen LogP contribution in [0, 0.1) is 0 Å². The Morgan fingerprint density at radius 1 is 0.528 bits per heavy atom. The van der Waals surface area contributed by atoms with E-state index in [0.717, 1.165) is 27.7 Å². The second-order valence-corrected chi connectivity index (χ2v) is 8.25. The predicted molar refractivity (Wildman–Crippen MR) is 115 cm³/mol. The van der Waals surface area contributed by atoms with E-state index in [-0.39, 0.29) is 0 Å². The third-order valence-corrected chi connectivity index (χ3v) is 4.90. The number of carbonyl (C=O) groups excluding carboxylic acids is 4. The van der Waals surface area contributed by atoms with Crippen LogP contribution in [0.4, 0.5) is 0 Å². The molecule has 0 aromatic heterocycles. The van der Waals surface area contributed by atoms with Crippen molar-refractivity contribution in [2.45, 2.75) is 63.1 Å². The van der Waals surface area contributed by atoms with Crippen molar-refractivity contribution < 1.29 is 68.8 Å². The molecule has 0 aromatic carbocycles. The van der Waals surface area contributed by atoms with Gasteiger partial charge in [-0.05, 0) is 27.7 Å². The van der Waals surface area contributed by atoms with Gasteiger partial charge in [0, 0.05) is 22.3 Å². The van der Waals surface area contributed by atoms with Crippen LogP contribution in [-0.4, -0.2) is 89.9 Å². The van der Waals surface area contributed by atoms with Crippen LogP contribution in [0.25, 0.3) is 0 Å². The first-order chi connectivity index (χ1) is 16.1.